The Kier molecular flexibility index (Phi) is 5.95. The SMILES string of the molecule is CN1CCN(C(=NNS(=O)(=O)c2ccccc2)c2ccccc2Br)CC1. The molecular weight excluding hydrogens is 416 g/mol. The van der Waals surface area contributed by atoms with E-state index >= 15 is 0 Å². The molecule has 0 atom stereocenters. The summed E-state index contributed by atoms with van der Waals surface area (Å²) in [6.45, 7) is 3.36. The van der Waals surface area contributed by atoms with Crippen LogP contribution < -0.4 is 4.83 Å². The monoisotopic (exact) mass is 436 g/mol. The molecule has 0 saturated carbocycles. The highest BCUT2D eigenvalue weighted by atomic mass is 79.9. The summed E-state index contributed by atoms with van der Waals surface area (Å²) < 4.78 is 25.9. The van der Waals surface area contributed by atoms with E-state index in [-0.39, 0.29) is 4.90 Å². The van der Waals surface area contributed by atoms with Gasteiger partial charge in [0.25, 0.3) is 10.0 Å². The van der Waals surface area contributed by atoms with Crippen molar-refractivity contribution >= 4 is 31.8 Å². The van der Waals surface area contributed by atoms with Crippen LogP contribution in [-0.4, -0.2) is 57.3 Å². The van der Waals surface area contributed by atoms with E-state index in [1.165, 1.54) is 0 Å². The molecule has 0 spiro atoms. The van der Waals surface area contributed by atoms with E-state index in [0.717, 1.165) is 36.2 Å². The number of amidine groups is 1. The molecule has 1 saturated heterocycles. The Balaban J connectivity index is 1.93. The number of hydrogen-bond acceptors (Lipinski definition) is 4. The number of nitrogens with zero attached hydrogens (tertiary/aromatic N) is 3. The highest BCUT2D eigenvalue weighted by molar-refractivity contribution is 9.10. The molecule has 138 valence electrons. The smallest absolute Gasteiger partial charge is 0.276 e. The summed E-state index contributed by atoms with van der Waals surface area (Å²) in [5.41, 5.74) is 0.854. The highest BCUT2D eigenvalue weighted by Crippen LogP contribution is 2.19. The van der Waals surface area contributed by atoms with Gasteiger partial charge in [0.15, 0.2) is 5.84 Å². The van der Waals surface area contributed by atoms with E-state index in [0.29, 0.717) is 5.84 Å². The fourth-order valence-corrected chi connectivity index (χ4v) is 4.01. The van der Waals surface area contributed by atoms with Crippen molar-refractivity contribution in [3.05, 3.63) is 64.6 Å². The van der Waals surface area contributed by atoms with Crippen LogP contribution >= 0.6 is 15.9 Å². The Labute approximate surface area is 162 Å². The molecule has 0 bridgehead atoms. The number of nitrogens with one attached hydrogen (secondary N) is 1. The van der Waals surface area contributed by atoms with E-state index < -0.39 is 10.0 Å². The second-order valence-electron chi connectivity index (χ2n) is 6.11. The van der Waals surface area contributed by atoms with E-state index in [9.17, 15) is 8.42 Å². The Hall–Kier alpha value is -1.90. The maximum atomic E-state index is 12.5. The zero-order valence-electron chi connectivity index (χ0n) is 14.5. The van der Waals surface area contributed by atoms with Gasteiger partial charge in [0.05, 0.1) is 4.90 Å². The molecule has 3 rings (SSSR count). The summed E-state index contributed by atoms with van der Waals surface area (Å²) in [4.78, 5) is 6.93. The van der Waals surface area contributed by atoms with Gasteiger partial charge >= 0.3 is 0 Å². The average Bonchev–Trinajstić information content (AvgIpc) is 2.65. The summed E-state index contributed by atoms with van der Waals surface area (Å²) in [6, 6.07) is 15.9. The van der Waals surface area contributed by atoms with Gasteiger partial charge in [-0.25, -0.2) is 0 Å². The lowest BCUT2D eigenvalue weighted by Gasteiger charge is -2.34. The van der Waals surface area contributed by atoms with Crippen LogP contribution in [0.4, 0.5) is 0 Å². The first-order chi connectivity index (χ1) is 12.5. The van der Waals surface area contributed by atoms with Gasteiger partial charge in [0.2, 0.25) is 0 Å². The van der Waals surface area contributed by atoms with Crippen LogP contribution in [0, 0.1) is 0 Å². The molecule has 0 aliphatic carbocycles. The van der Waals surface area contributed by atoms with E-state index in [1.54, 1.807) is 30.3 Å². The summed E-state index contributed by atoms with van der Waals surface area (Å²) in [7, 11) is -1.64. The quantitative estimate of drug-likeness (QED) is 0.453. The maximum Gasteiger partial charge on any atom is 0.276 e. The average molecular weight is 437 g/mol. The zero-order valence-corrected chi connectivity index (χ0v) is 16.9. The first-order valence-electron chi connectivity index (χ1n) is 8.30. The number of benzene rings is 2. The number of rotatable bonds is 4. The lowest BCUT2D eigenvalue weighted by atomic mass is 10.1. The third kappa shape index (κ3) is 4.44. The van der Waals surface area contributed by atoms with Crippen molar-refractivity contribution in [1.29, 1.82) is 0 Å². The normalized spacial score (nSPS) is 16.5. The van der Waals surface area contributed by atoms with E-state index in [4.69, 9.17) is 0 Å². The molecule has 1 heterocycles. The number of piperazine rings is 1. The fourth-order valence-electron chi connectivity index (χ4n) is 2.72. The first-order valence-corrected chi connectivity index (χ1v) is 10.6. The third-order valence-electron chi connectivity index (χ3n) is 4.24. The van der Waals surface area contributed by atoms with E-state index in [2.05, 4.69) is 42.7 Å². The Morgan fingerprint density at radius 1 is 1.00 bits per heavy atom. The van der Waals surface area contributed by atoms with Gasteiger partial charge in [-0.3, -0.25) is 0 Å². The largest absolute Gasteiger partial charge is 0.352 e. The van der Waals surface area contributed by atoms with Crippen LogP contribution in [0.2, 0.25) is 0 Å². The van der Waals surface area contributed by atoms with Gasteiger partial charge in [0, 0.05) is 36.2 Å². The summed E-state index contributed by atoms with van der Waals surface area (Å²) in [5.74, 6) is 0.616. The zero-order chi connectivity index (χ0) is 18.6. The number of sulfonamides is 1. The van der Waals surface area contributed by atoms with E-state index in [1.807, 2.05) is 24.3 Å². The molecule has 0 aromatic heterocycles. The second kappa shape index (κ2) is 8.20. The molecule has 26 heavy (non-hydrogen) atoms. The second-order valence-corrected chi connectivity index (χ2v) is 8.63. The van der Waals surface area contributed by atoms with Crippen molar-refractivity contribution in [1.82, 2.24) is 14.6 Å². The number of halogens is 1. The van der Waals surface area contributed by atoms with Gasteiger partial charge in [-0.1, -0.05) is 52.3 Å². The predicted molar refractivity (Wildman–Crippen MR) is 107 cm³/mol. The maximum absolute atomic E-state index is 12.5. The summed E-state index contributed by atoms with van der Waals surface area (Å²) in [6.07, 6.45) is 0. The van der Waals surface area contributed by atoms with Gasteiger partial charge in [0.1, 0.15) is 0 Å². The molecule has 0 radical (unpaired) electrons. The molecule has 2 aromatic carbocycles. The van der Waals surface area contributed by atoms with Crippen molar-refractivity contribution in [3.8, 4) is 0 Å². The number of hydrogen-bond donors (Lipinski definition) is 1. The Bertz CT molecular complexity index is 879. The Morgan fingerprint density at radius 3 is 2.27 bits per heavy atom. The highest BCUT2D eigenvalue weighted by Gasteiger charge is 2.22. The minimum Gasteiger partial charge on any atom is -0.352 e. The lowest BCUT2D eigenvalue weighted by molar-refractivity contribution is 0.215. The minimum atomic E-state index is -3.72. The van der Waals surface area contributed by atoms with Crippen molar-refractivity contribution in [2.75, 3.05) is 33.2 Å². The van der Waals surface area contributed by atoms with Gasteiger partial charge in [-0.05, 0) is 25.2 Å². The van der Waals surface area contributed by atoms with Crippen molar-refractivity contribution in [2.24, 2.45) is 5.10 Å². The number of likely N-dealkylation sites (N-methyl/N-ethyl adjacent to an activating group) is 1. The topological polar surface area (TPSA) is 65.0 Å². The lowest BCUT2D eigenvalue weighted by Crippen LogP contribution is -2.48. The molecular formula is C18H21BrN4O2S. The standard InChI is InChI=1S/C18H21BrN4O2S/c1-22-11-13-23(14-12-22)18(16-9-5-6-10-17(16)19)20-21-26(24,25)15-7-3-2-4-8-15/h2-10,21H,11-14H2,1H3. The molecule has 0 amide bonds. The van der Waals surface area contributed by atoms with Crippen LogP contribution in [0.5, 0.6) is 0 Å². The first kappa shape index (κ1) is 18.9. The number of hydrazone groups is 1. The molecule has 8 heteroatoms. The van der Waals surface area contributed by atoms with Crippen molar-refractivity contribution in [2.45, 2.75) is 4.90 Å². The van der Waals surface area contributed by atoms with Crippen molar-refractivity contribution < 1.29 is 8.42 Å². The van der Waals surface area contributed by atoms with Crippen LogP contribution in [0.3, 0.4) is 0 Å². The molecule has 1 aliphatic heterocycles. The van der Waals surface area contributed by atoms with Gasteiger partial charge in [-0.2, -0.15) is 13.2 Å². The molecule has 1 N–H and O–H groups in total. The molecule has 6 nitrogen and oxygen atoms in total. The molecule has 0 unspecified atom stereocenters. The summed E-state index contributed by atoms with van der Waals surface area (Å²) in [5, 5.41) is 4.31. The summed E-state index contributed by atoms with van der Waals surface area (Å²) >= 11 is 3.55. The van der Waals surface area contributed by atoms with Gasteiger partial charge < -0.3 is 9.80 Å². The van der Waals surface area contributed by atoms with Crippen LogP contribution in [0.1, 0.15) is 5.56 Å². The van der Waals surface area contributed by atoms with Crippen LogP contribution in [0.15, 0.2) is 69.1 Å². The molecule has 1 aliphatic rings. The van der Waals surface area contributed by atoms with Crippen LogP contribution in [-0.2, 0) is 10.0 Å². The molecule has 1 fully saturated rings. The van der Waals surface area contributed by atoms with Gasteiger partial charge in [-0.15, -0.1) is 5.10 Å². The third-order valence-corrected chi connectivity index (χ3v) is 6.16. The van der Waals surface area contributed by atoms with Crippen LogP contribution in [0.25, 0.3) is 0 Å². The predicted octanol–water partition coefficient (Wildman–Crippen LogP) is 2.34. The minimum absolute atomic E-state index is 0.189. The molecule has 2 aromatic rings. The van der Waals surface area contributed by atoms with Crippen molar-refractivity contribution in [3.63, 3.8) is 0 Å². The fraction of sp³-hybridized carbons (Fsp3) is 0.278. The Morgan fingerprint density at radius 2 is 1.62 bits per heavy atom.